The Kier molecular flexibility index (Phi) is 5.73. The van der Waals surface area contributed by atoms with E-state index in [1.807, 2.05) is 0 Å². The summed E-state index contributed by atoms with van der Waals surface area (Å²) in [6.07, 6.45) is 1.03. The van der Waals surface area contributed by atoms with Crippen molar-refractivity contribution in [2.75, 3.05) is 19.7 Å². The summed E-state index contributed by atoms with van der Waals surface area (Å²) in [5, 5.41) is 7.24. The highest BCUT2D eigenvalue weighted by molar-refractivity contribution is 5.93. The summed E-state index contributed by atoms with van der Waals surface area (Å²) >= 11 is 0. The number of ether oxygens (including phenoxy) is 1. The van der Waals surface area contributed by atoms with Crippen LogP contribution in [0.15, 0.2) is 30.3 Å². The molecule has 0 saturated carbocycles. The Hall–Kier alpha value is -2.90. The van der Waals surface area contributed by atoms with E-state index in [0.717, 1.165) is 11.3 Å². The smallest absolute Gasteiger partial charge is 0.409 e. The van der Waals surface area contributed by atoms with E-state index in [1.54, 1.807) is 41.8 Å². The molecule has 0 bridgehead atoms. The quantitative estimate of drug-likeness (QED) is 0.892. The fourth-order valence-corrected chi connectivity index (χ4v) is 3.15. The van der Waals surface area contributed by atoms with Crippen LogP contribution in [-0.4, -0.2) is 52.4 Å². The van der Waals surface area contributed by atoms with Gasteiger partial charge in [-0.3, -0.25) is 9.48 Å². The number of nitrogens with zero attached hydrogens (tertiary/aromatic N) is 3. The van der Waals surface area contributed by atoms with Crippen molar-refractivity contribution in [2.24, 2.45) is 7.05 Å². The third-order valence-corrected chi connectivity index (χ3v) is 4.61. The van der Waals surface area contributed by atoms with Crippen LogP contribution in [0.2, 0.25) is 0 Å². The number of piperidine rings is 1. The van der Waals surface area contributed by atoms with E-state index in [0.29, 0.717) is 38.2 Å². The number of likely N-dealkylation sites (tertiary alicyclic amines) is 1. The number of hydrogen-bond acceptors (Lipinski definition) is 4. The van der Waals surface area contributed by atoms with Crippen molar-refractivity contribution in [1.82, 2.24) is 20.0 Å². The van der Waals surface area contributed by atoms with Crippen molar-refractivity contribution in [2.45, 2.75) is 25.8 Å². The lowest BCUT2D eigenvalue weighted by molar-refractivity contribution is 0.0856. The second kappa shape index (κ2) is 8.20. The highest BCUT2D eigenvalue weighted by Gasteiger charge is 2.25. The van der Waals surface area contributed by atoms with E-state index < -0.39 is 0 Å². The number of nitrogens with one attached hydrogen (secondary N) is 1. The first-order valence-corrected chi connectivity index (χ1v) is 9.00. The monoisotopic (exact) mass is 374 g/mol. The van der Waals surface area contributed by atoms with Gasteiger partial charge >= 0.3 is 6.09 Å². The molecule has 144 valence electrons. The van der Waals surface area contributed by atoms with Gasteiger partial charge in [-0.1, -0.05) is 0 Å². The topological polar surface area (TPSA) is 76.5 Å². The van der Waals surface area contributed by atoms with Crippen LogP contribution in [0.5, 0.6) is 0 Å². The van der Waals surface area contributed by atoms with Gasteiger partial charge < -0.3 is 15.0 Å². The maximum absolute atomic E-state index is 13.1. The van der Waals surface area contributed by atoms with Gasteiger partial charge in [-0.05, 0) is 55.7 Å². The summed E-state index contributed by atoms with van der Waals surface area (Å²) < 4.78 is 19.7. The van der Waals surface area contributed by atoms with Crippen LogP contribution >= 0.6 is 0 Å². The number of halogens is 1. The molecule has 0 spiro atoms. The molecule has 1 saturated heterocycles. The van der Waals surface area contributed by atoms with Crippen molar-refractivity contribution >= 4 is 12.0 Å². The van der Waals surface area contributed by atoms with Gasteiger partial charge in [0.05, 0.1) is 12.3 Å². The van der Waals surface area contributed by atoms with Gasteiger partial charge in [0, 0.05) is 26.2 Å². The average Bonchev–Trinajstić information content (AvgIpc) is 3.05. The maximum Gasteiger partial charge on any atom is 0.409 e. The van der Waals surface area contributed by atoms with E-state index >= 15 is 0 Å². The number of carbonyl (C=O) groups excluding carboxylic acids is 2. The highest BCUT2D eigenvalue weighted by Crippen LogP contribution is 2.20. The summed E-state index contributed by atoms with van der Waals surface area (Å²) in [4.78, 5) is 25.9. The first-order chi connectivity index (χ1) is 13.0. The molecule has 1 aromatic heterocycles. The number of aryl methyl sites for hydroxylation is 1. The molecule has 2 amide bonds. The molecule has 1 aromatic carbocycles. The minimum atomic E-state index is -0.312. The van der Waals surface area contributed by atoms with Gasteiger partial charge in [0.15, 0.2) is 5.69 Å². The van der Waals surface area contributed by atoms with Crippen LogP contribution in [-0.2, 0) is 11.8 Å². The molecule has 8 heteroatoms. The first kappa shape index (κ1) is 18.9. The molecule has 1 aliphatic rings. The van der Waals surface area contributed by atoms with E-state index in [1.165, 1.54) is 12.1 Å². The molecule has 1 N–H and O–H groups in total. The summed E-state index contributed by atoms with van der Waals surface area (Å²) in [5.41, 5.74) is 1.83. The van der Waals surface area contributed by atoms with Gasteiger partial charge in [0.25, 0.3) is 5.91 Å². The normalized spacial score (nSPS) is 14.9. The summed E-state index contributed by atoms with van der Waals surface area (Å²) in [6, 6.07) is 7.73. The van der Waals surface area contributed by atoms with Crippen LogP contribution in [0.3, 0.4) is 0 Å². The molecule has 0 atom stereocenters. The largest absolute Gasteiger partial charge is 0.450 e. The fraction of sp³-hybridized carbons (Fsp3) is 0.421. The van der Waals surface area contributed by atoms with E-state index in [9.17, 15) is 14.0 Å². The lowest BCUT2D eigenvalue weighted by Gasteiger charge is -2.31. The van der Waals surface area contributed by atoms with Crippen molar-refractivity contribution in [3.8, 4) is 11.3 Å². The maximum atomic E-state index is 13.1. The Morgan fingerprint density at radius 2 is 1.93 bits per heavy atom. The highest BCUT2D eigenvalue weighted by atomic mass is 19.1. The molecule has 0 aliphatic carbocycles. The predicted molar refractivity (Wildman–Crippen MR) is 97.7 cm³/mol. The van der Waals surface area contributed by atoms with Gasteiger partial charge in [0.2, 0.25) is 0 Å². The first-order valence-electron chi connectivity index (χ1n) is 9.00. The van der Waals surface area contributed by atoms with E-state index in [4.69, 9.17) is 4.74 Å². The molecule has 3 rings (SSSR count). The second-order valence-corrected chi connectivity index (χ2v) is 6.48. The Labute approximate surface area is 157 Å². The SMILES string of the molecule is CCOC(=O)N1CCC(NC(=O)c2cc(-c3ccc(F)cc3)n(C)n2)CC1. The molecule has 0 radical (unpaired) electrons. The Morgan fingerprint density at radius 3 is 2.56 bits per heavy atom. The zero-order valence-electron chi connectivity index (χ0n) is 15.4. The number of hydrogen-bond donors (Lipinski definition) is 1. The summed E-state index contributed by atoms with van der Waals surface area (Å²) in [6.45, 7) is 3.23. The Morgan fingerprint density at radius 1 is 1.26 bits per heavy atom. The van der Waals surface area contributed by atoms with Crippen molar-refractivity contribution in [1.29, 1.82) is 0 Å². The van der Waals surface area contributed by atoms with Gasteiger partial charge in [-0.2, -0.15) is 5.10 Å². The molecule has 1 fully saturated rings. The number of carbonyl (C=O) groups is 2. The summed E-state index contributed by atoms with van der Waals surface area (Å²) in [7, 11) is 1.74. The van der Waals surface area contributed by atoms with Gasteiger partial charge in [0.1, 0.15) is 5.82 Å². The molecule has 2 heterocycles. The third kappa shape index (κ3) is 4.45. The molecular formula is C19H23FN4O3. The molecule has 2 aromatic rings. The third-order valence-electron chi connectivity index (χ3n) is 4.61. The van der Waals surface area contributed by atoms with Crippen molar-refractivity contribution < 1.29 is 18.7 Å². The Bertz CT molecular complexity index is 811. The van der Waals surface area contributed by atoms with Crippen LogP contribution in [0.4, 0.5) is 9.18 Å². The number of benzene rings is 1. The lowest BCUT2D eigenvalue weighted by atomic mass is 10.1. The van der Waals surface area contributed by atoms with Crippen LogP contribution in [0.25, 0.3) is 11.3 Å². The van der Waals surface area contributed by atoms with E-state index in [2.05, 4.69) is 10.4 Å². The number of aromatic nitrogens is 2. The zero-order chi connectivity index (χ0) is 19.4. The van der Waals surface area contributed by atoms with Gasteiger partial charge in [-0.15, -0.1) is 0 Å². The number of rotatable bonds is 4. The van der Waals surface area contributed by atoms with Crippen LogP contribution < -0.4 is 5.32 Å². The molecule has 1 aliphatic heterocycles. The molecule has 0 unspecified atom stereocenters. The summed E-state index contributed by atoms with van der Waals surface area (Å²) in [5.74, 6) is -0.568. The lowest BCUT2D eigenvalue weighted by Crippen LogP contribution is -2.46. The minimum absolute atomic E-state index is 0.0144. The molecule has 7 nitrogen and oxygen atoms in total. The standard InChI is InChI=1S/C19H23FN4O3/c1-3-27-19(26)24-10-8-15(9-11-24)21-18(25)16-12-17(23(2)22-16)13-4-6-14(20)7-5-13/h4-7,12,15H,3,8-11H2,1-2H3,(H,21,25). The average molecular weight is 374 g/mol. The minimum Gasteiger partial charge on any atom is -0.450 e. The van der Waals surface area contributed by atoms with Crippen molar-refractivity contribution in [3.05, 3.63) is 41.8 Å². The number of amides is 2. The van der Waals surface area contributed by atoms with Gasteiger partial charge in [-0.25, -0.2) is 9.18 Å². The Balaban J connectivity index is 1.60. The second-order valence-electron chi connectivity index (χ2n) is 6.48. The zero-order valence-corrected chi connectivity index (χ0v) is 15.4. The van der Waals surface area contributed by atoms with Crippen LogP contribution in [0.1, 0.15) is 30.3 Å². The molecular weight excluding hydrogens is 351 g/mol. The fourth-order valence-electron chi connectivity index (χ4n) is 3.15. The van der Waals surface area contributed by atoms with Crippen LogP contribution in [0, 0.1) is 5.82 Å². The molecule has 27 heavy (non-hydrogen) atoms. The van der Waals surface area contributed by atoms with E-state index in [-0.39, 0.29) is 23.9 Å². The predicted octanol–water partition coefficient (Wildman–Crippen LogP) is 2.58. The van der Waals surface area contributed by atoms with Crippen molar-refractivity contribution in [3.63, 3.8) is 0 Å².